The van der Waals surface area contributed by atoms with Crippen LogP contribution in [0, 0.1) is 17.6 Å². The van der Waals surface area contributed by atoms with Crippen LogP contribution in [0.15, 0.2) is 18.2 Å². The molecule has 0 atom stereocenters. The smallest absolute Gasteiger partial charge is 0.159 e. The van der Waals surface area contributed by atoms with E-state index in [9.17, 15) is 8.78 Å². The van der Waals surface area contributed by atoms with Gasteiger partial charge in [-0.3, -0.25) is 0 Å². The molecule has 1 aliphatic carbocycles. The average Bonchev–Trinajstić information content (AvgIpc) is 2.70. The first-order valence-corrected chi connectivity index (χ1v) is 13.5. The molecule has 3 rings (SSSR count). The van der Waals surface area contributed by atoms with Gasteiger partial charge in [0.2, 0.25) is 0 Å². The summed E-state index contributed by atoms with van der Waals surface area (Å²) in [4.78, 5) is 0. The van der Waals surface area contributed by atoms with Gasteiger partial charge < -0.3 is 0 Å². The third-order valence-electron chi connectivity index (χ3n) is 7.33. The third kappa shape index (κ3) is 5.65. The van der Waals surface area contributed by atoms with Crippen molar-refractivity contribution >= 4 is 8.80 Å². The quantitative estimate of drug-likeness (QED) is 0.311. The van der Waals surface area contributed by atoms with Crippen LogP contribution in [-0.4, -0.2) is 8.80 Å². The number of hydrogen-bond acceptors (Lipinski definition) is 0. The number of unbranched alkanes of at least 4 members (excludes halogenated alkanes) is 2. The largest absolute Gasteiger partial charge is 0.204 e. The van der Waals surface area contributed by atoms with E-state index in [0.29, 0.717) is 0 Å². The van der Waals surface area contributed by atoms with Crippen LogP contribution in [0.2, 0.25) is 18.1 Å². The fourth-order valence-corrected chi connectivity index (χ4v) is 8.68. The maximum absolute atomic E-state index is 13.9. The van der Waals surface area contributed by atoms with Crippen LogP contribution in [0.1, 0.15) is 89.5 Å². The lowest BCUT2D eigenvalue weighted by molar-refractivity contribution is 0.280. The van der Waals surface area contributed by atoms with Gasteiger partial charge in [-0.2, -0.15) is 0 Å². The Labute approximate surface area is 166 Å². The van der Waals surface area contributed by atoms with E-state index in [1.165, 1.54) is 94.5 Å². The third-order valence-corrected chi connectivity index (χ3v) is 10.3. The Morgan fingerprint density at radius 3 is 2.41 bits per heavy atom. The predicted molar refractivity (Wildman–Crippen MR) is 113 cm³/mol. The van der Waals surface area contributed by atoms with Gasteiger partial charge in [-0.15, -0.1) is 0 Å². The van der Waals surface area contributed by atoms with Gasteiger partial charge >= 0.3 is 0 Å². The molecule has 1 aliphatic heterocycles. The summed E-state index contributed by atoms with van der Waals surface area (Å²) in [5, 5.41) is 0. The van der Waals surface area contributed by atoms with Crippen molar-refractivity contribution < 1.29 is 8.78 Å². The normalized spacial score (nSPS) is 21.4. The molecule has 1 radical (unpaired) electrons. The number of hydrogen-bond donors (Lipinski definition) is 0. The second-order valence-electron chi connectivity index (χ2n) is 9.16. The Bertz CT molecular complexity index is 572. The van der Waals surface area contributed by atoms with E-state index in [2.05, 4.69) is 6.92 Å². The molecule has 2 fully saturated rings. The maximum atomic E-state index is 13.9. The standard InChI is InChI=1S/C24H37F2Si/c1-2-3-5-8-20-11-16-27(17-12-20)18-15-24(13-6-4-7-14-24)21-9-10-22(25)23(26)19-21/h9-10,19-20H,2-8,11-18H2,1H3. The van der Waals surface area contributed by atoms with E-state index in [1.54, 1.807) is 0 Å². The summed E-state index contributed by atoms with van der Waals surface area (Å²) in [5.74, 6) is -0.392. The van der Waals surface area contributed by atoms with Crippen molar-refractivity contribution in [3.8, 4) is 0 Å². The van der Waals surface area contributed by atoms with Crippen LogP contribution in [-0.2, 0) is 5.41 Å². The summed E-state index contributed by atoms with van der Waals surface area (Å²) in [6.45, 7) is 2.29. The minimum Gasteiger partial charge on any atom is -0.204 e. The topological polar surface area (TPSA) is 0 Å². The number of benzene rings is 1. The Balaban J connectivity index is 1.56. The zero-order chi connectivity index (χ0) is 19.1. The van der Waals surface area contributed by atoms with Crippen molar-refractivity contribution in [1.82, 2.24) is 0 Å². The minimum atomic E-state index is -0.710. The first kappa shape index (κ1) is 21.0. The average molecular weight is 392 g/mol. The van der Waals surface area contributed by atoms with Crippen molar-refractivity contribution in [2.45, 2.75) is 108 Å². The summed E-state index contributed by atoms with van der Waals surface area (Å²) in [5.41, 5.74) is 1.18. The van der Waals surface area contributed by atoms with Crippen LogP contribution >= 0.6 is 0 Å². The Kier molecular flexibility index (Phi) is 7.93. The molecule has 0 unspecified atom stereocenters. The summed E-state index contributed by atoms with van der Waals surface area (Å²) in [6, 6.07) is 9.04. The van der Waals surface area contributed by atoms with Gasteiger partial charge in [-0.05, 0) is 48.3 Å². The lowest BCUT2D eigenvalue weighted by Gasteiger charge is -2.39. The SMILES string of the molecule is CCCCCC1CC[Si](CCC2(c3ccc(F)c(F)c3)CCCCC2)CC1. The second kappa shape index (κ2) is 10.2. The van der Waals surface area contributed by atoms with E-state index >= 15 is 0 Å². The Morgan fingerprint density at radius 1 is 1.00 bits per heavy atom. The number of rotatable bonds is 8. The van der Waals surface area contributed by atoms with Gasteiger partial charge in [0.05, 0.1) is 0 Å². The van der Waals surface area contributed by atoms with E-state index in [0.717, 1.165) is 24.3 Å². The molecule has 1 aromatic rings. The van der Waals surface area contributed by atoms with Crippen molar-refractivity contribution in [3.63, 3.8) is 0 Å². The molecule has 0 bridgehead atoms. The lowest BCUT2D eigenvalue weighted by atomic mass is 9.68. The van der Waals surface area contributed by atoms with E-state index in [1.807, 2.05) is 6.07 Å². The highest BCUT2D eigenvalue weighted by atomic mass is 28.3. The molecule has 151 valence electrons. The second-order valence-corrected chi connectivity index (χ2v) is 12.2. The molecule has 1 saturated carbocycles. The molecule has 2 aliphatic rings. The number of halogens is 2. The zero-order valence-electron chi connectivity index (χ0n) is 17.2. The van der Waals surface area contributed by atoms with Gasteiger partial charge in [-0.25, -0.2) is 8.78 Å². The molecule has 0 N–H and O–H groups in total. The van der Waals surface area contributed by atoms with E-state index in [4.69, 9.17) is 0 Å². The monoisotopic (exact) mass is 391 g/mol. The highest BCUT2D eigenvalue weighted by Gasteiger charge is 2.35. The first-order valence-electron chi connectivity index (χ1n) is 11.4. The zero-order valence-corrected chi connectivity index (χ0v) is 18.2. The molecule has 0 amide bonds. The van der Waals surface area contributed by atoms with Gasteiger partial charge in [-0.1, -0.05) is 88.9 Å². The fraction of sp³-hybridized carbons (Fsp3) is 0.750. The first-order chi connectivity index (χ1) is 13.1. The van der Waals surface area contributed by atoms with Gasteiger partial charge in [0.15, 0.2) is 11.6 Å². The van der Waals surface area contributed by atoms with Crippen LogP contribution < -0.4 is 0 Å². The van der Waals surface area contributed by atoms with Crippen molar-refractivity contribution in [2.75, 3.05) is 0 Å². The molecule has 0 aromatic heterocycles. The Morgan fingerprint density at radius 2 is 1.74 bits per heavy atom. The van der Waals surface area contributed by atoms with Gasteiger partial charge in [0, 0.05) is 8.80 Å². The maximum Gasteiger partial charge on any atom is 0.159 e. The molecule has 1 aromatic carbocycles. The molecule has 1 heterocycles. The fourth-order valence-electron chi connectivity index (χ4n) is 5.46. The van der Waals surface area contributed by atoms with Gasteiger partial charge in [0.25, 0.3) is 0 Å². The van der Waals surface area contributed by atoms with E-state index < -0.39 is 11.6 Å². The molecule has 27 heavy (non-hydrogen) atoms. The highest BCUT2D eigenvalue weighted by Crippen LogP contribution is 2.45. The van der Waals surface area contributed by atoms with Crippen LogP contribution in [0.5, 0.6) is 0 Å². The van der Waals surface area contributed by atoms with Gasteiger partial charge in [0.1, 0.15) is 0 Å². The Hall–Kier alpha value is -0.703. The lowest BCUT2D eigenvalue weighted by Crippen LogP contribution is -2.32. The highest BCUT2D eigenvalue weighted by molar-refractivity contribution is 6.59. The van der Waals surface area contributed by atoms with Crippen molar-refractivity contribution in [3.05, 3.63) is 35.4 Å². The summed E-state index contributed by atoms with van der Waals surface area (Å²) >= 11 is 0. The predicted octanol–water partition coefficient (Wildman–Crippen LogP) is 8.04. The molecule has 1 saturated heterocycles. The van der Waals surface area contributed by atoms with Crippen LogP contribution in [0.3, 0.4) is 0 Å². The van der Waals surface area contributed by atoms with Crippen molar-refractivity contribution in [2.24, 2.45) is 5.92 Å². The van der Waals surface area contributed by atoms with Crippen LogP contribution in [0.4, 0.5) is 8.78 Å². The molecule has 0 spiro atoms. The molecular weight excluding hydrogens is 354 g/mol. The summed E-state index contributed by atoms with van der Waals surface area (Å²) in [7, 11) is -0.240. The molecular formula is C24H37F2Si. The summed E-state index contributed by atoms with van der Waals surface area (Å²) in [6.07, 6.45) is 15.8. The molecule has 0 nitrogen and oxygen atoms in total. The summed E-state index contributed by atoms with van der Waals surface area (Å²) < 4.78 is 27.3. The van der Waals surface area contributed by atoms with Crippen molar-refractivity contribution in [1.29, 1.82) is 0 Å². The minimum absolute atomic E-state index is 0.114. The molecule has 3 heteroatoms. The van der Waals surface area contributed by atoms with Crippen LogP contribution in [0.25, 0.3) is 0 Å². The van der Waals surface area contributed by atoms with E-state index in [-0.39, 0.29) is 14.2 Å².